The van der Waals surface area contributed by atoms with Crippen LogP contribution in [0.3, 0.4) is 0 Å². The van der Waals surface area contributed by atoms with E-state index in [-0.39, 0.29) is 24.0 Å². The summed E-state index contributed by atoms with van der Waals surface area (Å²) in [6.07, 6.45) is 1.24. The molecule has 0 radical (unpaired) electrons. The molecular formula is C15H24IN3O. The molecule has 2 N–H and O–H groups in total. The zero-order valence-corrected chi connectivity index (χ0v) is 14.7. The fraction of sp³-hybridized carbons (Fsp3) is 0.533. The lowest BCUT2D eigenvalue weighted by atomic mass is 10.2. The summed E-state index contributed by atoms with van der Waals surface area (Å²) in [5.74, 6) is 2.54. The molecule has 4 nitrogen and oxygen atoms in total. The summed E-state index contributed by atoms with van der Waals surface area (Å²) in [5, 5.41) is 6.64. The molecule has 1 aromatic rings. The van der Waals surface area contributed by atoms with Crippen LogP contribution in [0.1, 0.15) is 18.9 Å². The first-order valence-electron chi connectivity index (χ1n) is 6.85. The molecular weight excluding hydrogens is 365 g/mol. The van der Waals surface area contributed by atoms with E-state index in [1.165, 1.54) is 12.0 Å². The third kappa shape index (κ3) is 5.56. The van der Waals surface area contributed by atoms with Crippen molar-refractivity contribution in [3.05, 3.63) is 29.8 Å². The van der Waals surface area contributed by atoms with Gasteiger partial charge < -0.3 is 15.4 Å². The molecule has 0 bridgehead atoms. The van der Waals surface area contributed by atoms with Gasteiger partial charge in [-0.1, -0.05) is 24.6 Å². The number of aliphatic imine (C=N–C) groups is 1. The highest BCUT2D eigenvalue weighted by Gasteiger charge is 2.33. The number of hydrogen-bond acceptors (Lipinski definition) is 2. The van der Waals surface area contributed by atoms with Crippen LogP contribution in [0.2, 0.25) is 0 Å². The zero-order chi connectivity index (χ0) is 13.7. The van der Waals surface area contributed by atoms with Crippen LogP contribution in [0.15, 0.2) is 29.3 Å². The normalized spacial score (nSPS) is 20.9. The third-order valence-corrected chi connectivity index (χ3v) is 3.34. The van der Waals surface area contributed by atoms with Crippen molar-refractivity contribution in [3.63, 3.8) is 0 Å². The molecule has 2 atom stereocenters. The average molecular weight is 389 g/mol. The monoisotopic (exact) mass is 389 g/mol. The van der Waals surface area contributed by atoms with E-state index in [1.807, 2.05) is 12.1 Å². The van der Waals surface area contributed by atoms with E-state index >= 15 is 0 Å². The van der Waals surface area contributed by atoms with Crippen molar-refractivity contribution in [3.8, 4) is 5.75 Å². The Morgan fingerprint density at radius 2 is 2.00 bits per heavy atom. The number of benzene rings is 1. The molecule has 0 amide bonds. The first-order chi connectivity index (χ1) is 9.19. The van der Waals surface area contributed by atoms with Crippen molar-refractivity contribution in [1.82, 2.24) is 10.6 Å². The van der Waals surface area contributed by atoms with E-state index in [4.69, 9.17) is 4.74 Å². The van der Waals surface area contributed by atoms with Gasteiger partial charge in [0.1, 0.15) is 12.4 Å². The highest BCUT2D eigenvalue weighted by atomic mass is 127. The summed E-state index contributed by atoms with van der Waals surface area (Å²) in [6.45, 7) is 5.68. The summed E-state index contributed by atoms with van der Waals surface area (Å²) in [7, 11) is 1.79. The Morgan fingerprint density at radius 1 is 1.35 bits per heavy atom. The van der Waals surface area contributed by atoms with Gasteiger partial charge in [-0.15, -0.1) is 24.0 Å². The molecule has 1 aromatic carbocycles. The molecule has 1 aliphatic rings. The highest BCUT2D eigenvalue weighted by molar-refractivity contribution is 14.0. The van der Waals surface area contributed by atoms with Crippen molar-refractivity contribution in [1.29, 1.82) is 0 Å². The second-order valence-corrected chi connectivity index (χ2v) is 5.12. The number of nitrogens with one attached hydrogen (secondary N) is 2. The van der Waals surface area contributed by atoms with E-state index in [2.05, 4.69) is 41.6 Å². The van der Waals surface area contributed by atoms with Gasteiger partial charge in [0.2, 0.25) is 0 Å². The molecule has 1 saturated carbocycles. The van der Waals surface area contributed by atoms with Crippen LogP contribution in [0.25, 0.3) is 0 Å². The van der Waals surface area contributed by atoms with Gasteiger partial charge in [0.15, 0.2) is 5.96 Å². The quantitative estimate of drug-likeness (QED) is 0.352. The Hall–Kier alpha value is -0.980. The van der Waals surface area contributed by atoms with Gasteiger partial charge in [0, 0.05) is 13.1 Å². The third-order valence-electron chi connectivity index (χ3n) is 3.34. The smallest absolute Gasteiger partial charge is 0.191 e. The Morgan fingerprint density at radius 3 is 2.55 bits per heavy atom. The predicted octanol–water partition coefficient (Wildman–Crippen LogP) is 2.57. The van der Waals surface area contributed by atoms with Gasteiger partial charge in [-0.05, 0) is 31.4 Å². The Bertz CT molecular complexity index is 433. The molecule has 112 valence electrons. The Balaban J connectivity index is 0.00000200. The molecule has 0 aromatic heterocycles. The molecule has 20 heavy (non-hydrogen) atoms. The topological polar surface area (TPSA) is 45.7 Å². The summed E-state index contributed by atoms with van der Waals surface area (Å²) in [4.78, 5) is 4.20. The van der Waals surface area contributed by atoms with Crippen LogP contribution < -0.4 is 15.4 Å². The molecule has 5 heteroatoms. The van der Waals surface area contributed by atoms with Gasteiger partial charge in [0.25, 0.3) is 0 Å². The molecule has 2 rings (SSSR count). The molecule has 0 spiro atoms. The minimum atomic E-state index is 0. The Kier molecular flexibility index (Phi) is 7.12. The standard InChI is InChI=1S/C15H23N3O.HI/c1-11-4-6-13(7-5-11)19-9-8-17-15(16-3)18-14-10-12(14)2;/h4-7,12,14H,8-10H2,1-3H3,(H2,16,17,18);1H. The number of ether oxygens (including phenoxy) is 1. The minimum absolute atomic E-state index is 0. The lowest BCUT2D eigenvalue weighted by Crippen LogP contribution is -2.40. The van der Waals surface area contributed by atoms with Crippen molar-refractivity contribution in [2.24, 2.45) is 10.9 Å². The summed E-state index contributed by atoms with van der Waals surface area (Å²) in [5.41, 5.74) is 1.24. The zero-order valence-electron chi connectivity index (χ0n) is 12.3. The molecule has 0 saturated heterocycles. The number of aryl methyl sites for hydroxylation is 1. The number of hydrogen-bond donors (Lipinski definition) is 2. The number of halogens is 1. The molecule has 0 aliphatic heterocycles. The van der Waals surface area contributed by atoms with E-state index in [9.17, 15) is 0 Å². The van der Waals surface area contributed by atoms with Gasteiger partial charge in [-0.25, -0.2) is 0 Å². The van der Waals surface area contributed by atoms with Gasteiger partial charge >= 0.3 is 0 Å². The van der Waals surface area contributed by atoms with E-state index in [1.54, 1.807) is 7.05 Å². The first-order valence-corrected chi connectivity index (χ1v) is 6.85. The van der Waals surface area contributed by atoms with Gasteiger partial charge in [-0.3, -0.25) is 4.99 Å². The van der Waals surface area contributed by atoms with E-state index in [0.717, 1.165) is 24.2 Å². The molecule has 0 heterocycles. The highest BCUT2D eigenvalue weighted by Crippen LogP contribution is 2.28. The molecule has 2 unspecified atom stereocenters. The number of nitrogens with zero attached hydrogens (tertiary/aromatic N) is 1. The maximum atomic E-state index is 5.65. The van der Waals surface area contributed by atoms with Crippen molar-refractivity contribution in [2.45, 2.75) is 26.3 Å². The number of guanidine groups is 1. The van der Waals surface area contributed by atoms with Crippen LogP contribution in [0.5, 0.6) is 5.75 Å². The first kappa shape index (κ1) is 17.1. The van der Waals surface area contributed by atoms with Crippen molar-refractivity contribution in [2.75, 3.05) is 20.2 Å². The second kappa shape index (κ2) is 8.34. The van der Waals surface area contributed by atoms with Crippen LogP contribution in [0.4, 0.5) is 0 Å². The summed E-state index contributed by atoms with van der Waals surface area (Å²) in [6, 6.07) is 8.68. The maximum Gasteiger partial charge on any atom is 0.191 e. The Labute approximate surface area is 138 Å². The van der Waals surface area contributed by atoms with Crippen LogP contribution in [-0.2, 0) is 0 Å². The predicted molar refractivity (Wildman–Crippen MR) is 94.2 cm³/mol. The van der Waals surface area contributed by atoms with Crippen molar-refractivity contribution >= 4 is 29.9 Å². The van der Waals surface area contributed by atoms with E-state index in [0.29, 0.717) is 12.6 Å². The van der Waals surface area contributed by atoms with Gasteiger partial charge in [0.05, 0.1) is 6.54 Å². The van der Waals surface area contributed by atoms with Crippen LogP contribution >= 0.6 is 24.0 Å². The second-order valence-electron chi connectivity index (χ2n) is 5.12. The average Bonchev–Trinajstić information content (AvgIpc) is 3.11. The fourth-order valence-electron chi connectivity index (χ4n) is 1.87. The van der Waals surface area contributed by atoms with Gasteiger partial charge in [-0.2, -0.15) is 0 Å². The fourth-order valence-corrected chi connectivity index (χ4v) is 1.87. The summed E-state index contributed by atoms with van der Waals surface area (Å²) < 4.78 is 5.65. The lowest BCUT2D eigenvalue weighted by Gasteiger charge is -2.12. The molecule has 1 fully saturated rings. The summed E-state index contributed by atoms with van der Waals surface area (Å²) >= 11 is 0. The minimum Gasteiger partial charge on any atom is -0.492 e. The maximum absolute atomic E-state index is 5.65. The lowest BCUT2D eigenvalue weighted by molar-refractivity contribution is 0.322. The van der Waals surface area contributed by atoms with Crippen molar-refractivity contribution < 1.29 is 4.74 Å². The SMILES string of the molecule is CN=C(NCCOc1ccc(C)cc1)NC1CC1C.I. The van der Waals surface area contributed by atoms with E-state index < -0.39 is 0 Å². The largest absolute Gasteiger partial charge is 0.492 e. The van der Waals surface area contributed by atoms with Crippen LogP contribution in [0, 0.1) is 12.8 Å². The van der Waals surface area contributed by atoms with Crippen LogP contribution in [-0.4, -0.2) is 32.2 Å². The molecule has 1 aliphatic carbocycles. The number of rotatable bonds is 5.